The number of methoxy groups -OCH3 is 1. The molecule has 0 unspecified atom stereocenters. The molecule has 2 aliphatic rings. The highest BCUT2D eigenvalue weighted by Crippen LogP contribution is 2.43. The molecule has 1 aromatic rings. The summed E-state index contributed by atoms with van der Waals surface area (Å²) in [6, 6.07) is 6.89. The molecule has 0 spiro atoms. The van der Waals surface area contributed by atoms with E-state index in [4.69, 9.17) is 9.47 Å². The van der Waals surface area contributed by atoms with Gasteiger partial charge in [0.15, 0.2) is 0 Å². The first-order chi connectivity index (χ1) is 10.2. The summed E-state index contributed by atoms with van der Waals surface area (Å²) < 4.78 is 10.9. The van der Waals surface area contributed by atoms with Gasteiger partial charge in [-0.1, -0.05) is 12.1 Å². The highest BCUT2D eigenvalue weighted by atomic mass is 16.5. The number of phenolic OH excluding ortho intramolecular Hbond substituents is 1. The molecule has 21 heavy (non-hydrogen) atoms. The highest BCUT2D eigenvalue weighted by molar-refractivity contribution is 5.79. The fraction of sp³-hybridized carbons (Fsp3) is 0.562. The van der Waals surface area contributed by atoms with Gasteiger partial charge in [0.25, 0.3) is 0 Å². The minimum Gasteiger partial charge on any atom is -0.508 e. The molecule has 1 amide bonds. The first-order valence-electron chi connectivity index (χ1n) is 7.37. The van der Waals surface area contributed by atoms with E-state index >= 15 is 0 Å². The summed E-state index contributed by atoms with van der Waals surface area (Å²) in [5.41, 5.74) is 0.895. The number of fused-ring (bicyclic) bond motifs is 1. The number of carbonyl (C=O) groups excluding carboxylic acids is 1. The molecular formula is C16H21NO4. The average molecular weight is 291 g/mol. The second-order valence-electron chi connectivity index (χ2n) is 5.84. The van der Waals surface area contributed by atoms with Crippen LogP contribution in [0, 0.1) is 11.8 Å². The summed E-state index contributed by atoms with van der Waals surface area (Å²) in [6.45, 7) is 1.39. The predicted octanol–water partition coefficient (Wildman–Crippen LogP) is 1.10. The Morgan fingerprint density at radius 3 is 2.90 bits per heavy atom. The molecule has 2 fully saturated rings. The van der Waals surface area contributed by atoms with Crippen LogP contribution in [0.2, 0.25) is 0 Å². The van der Waals surface area contributed by atoms with Crippen LogP contribution in [0.3, 0.4) is 0 Å². The lowest BCUT2D eigenvalue weighted by Gasteiger charge is -2.47. The summed E-state index contributed by atoms with van der Waals surface area (Å²) >= 11 is 0. The number of rotatable bonds is 5. The Morgan fingerprint density at radius 2 is 2.19 bits per heavy atom. The van der Waals surface area contributed by atoms with Gasteiger partial charge in [0.05, 0.1) is 19.1 Å². The molecule has 1 heterocycles. The number of aromatic hydroxyl groups is 1. The van der Waals surface area contributed by atoms with Crippen molar-refractivity contribution in [1.82, 2.24) is 5.32 Å². The monoisotopic (exact) mass is 291 g/mol. The van der Waals surface area contributed by atoms with Gasteiger partial charge in [-0.25, -0.2) is 0 Å². The first kappa shape index (κ1) is 14.4. The largest absolute Gasteiger partial charge is 0.508 e. The molecule has 1 saturated carbocycles. The molecule has 3 rings (SSSR count). The maximum absolute atomic E-state index is 12.2. The van der Waals surface area contributed by atoms with Crippen LogP contribution in [-0.4, -0.2) is 43.5 Å². The SMILES string of the molecule is COC[C@H]1[C@@H](NC(=O)Cc2ccc(O)cc2)[C@H]2CCO[C@H]21. The van der Waals surface area contributed by atoms with Gasteiger partial charge < -0.3 is 19.9 Å². The summed E-state index contributed by atoms with van der Waals surface area (Å²) in [5, 5.41) is 12.4. The van der Waals surface area contributed by atoms with Gasteiger partial charge in [-0.15, -0.1) is 0 Å². The second-order valence-corrected chi connectivity index (χ2v) is 5.84. The Balaban J connectivity index is 1.57. The number of hydrogen-bond donors (Lipinski definition) is 2. The van der Waals surface area contributed by atoms with Crippen molar-refractivity contribution in [2.75, 3.05) is 20.3 Å². The van der Waals surface area contributed by atoms with E-state index in [9.17, 15) is 9.90 Å². The fourth-order valence-corrected chi connectivity index (χ4v) is 3.47. The van der Waals surface area contributed by atoms with Crippen molar-refractivity contribution < 1.29 is 19.4 Å². The van der Waals surface area contributed by atoms with E-state index in [0.717, 1.165) is 18.6 Å². The number of benzene rings is 1. The van der Waals surface area contributed by atoms with Gasteiger partial charge in [-0.3, -0.25) is 4.79 Å². The Hall–Kier alpha value is -1.59. The third kappa shape index (κ3) is 2.89. The first-order valence-corrected chi connectivity index (χ1v) is 7.37. The van der Waals surface area contributed by atoms with Crippen molar-refractivity contribution in [3.63, 3.8) is 0 Å². The van der Waals surface area contributed by atoms with Crippen molar-refractivity contribution >= 4 is 5.91 Å². The summed E-state index contributed by atoms with van der Waals surface area (Å²) in [6.07, 6.45) is 1.58. The van der Waals surface area contributed by atoms with Crippen LogP contribution in [0.5, 0.6) is 5.75 Å². The molecule has 5 nitrogen and oxygen atoms in total. The van der Waals surface area contributed by atoms with Crippen molar-refractivity contribution in [2.45, 2.75) is 25.0 Å². The maximum atomic E-state index is 12.2. The molecular weight excluding hydrogens is 270 g/mol. The van der Waals surface area contributed by atoms with E-state index in [0.29, 0.717) is 18.9 Å². The molecule has 2 N–H and O–H groups in total. The van der Waals surface area contributed by atoms with E-state index in [1.807, 2.05) is 0 Å². The lowest BCUT2D eigenvalue weighted by Crippen LogP contribution is -2.62. The van der Waals surface area contributed by atoms with Crippen molar-refractivity contribution in [3.05, 3.63) is 29.8 Å². The van der Waals surface area contributed by atoms with Crippen LogP contribution in [0.15, 0.2) is 24.3 Å². The average Bonchev–Trinajstić information content (AvgIpc) is 2.89. The van der Waals surface area contributed by atoms with Gasteiger partial charge in [0.2, 0.25) is 5.91 Å². The van der Waals surface area contributed by atoms with E-state index in [2.05, 4.69) is 5.32 Å². The molecule has 0 bridgehead atoms. The topological polar surface area (TPSA) is 67.8 Å². The maximum Gasteiger partial charge on any atom is 0.224 e. The molecule has 0 radical (unpaired) electrons. The molecule has 0 aromatic heterocycles. The third-order valence-corrected chi connectivity index (χ3v) is 4.52. The molecule has 1 saturated heterocycles. The predicted molar refractivity (Wildman–Crippen MR) is 77.0 cm³/mol. The molecule has 1 aromatic carbocycles. The number of amides is 1. The van der Waals surface area contributed by atoms with Gasteiger partial charge in [0.1, 0.15) is 5.75 Å². The standard InChI is InChI=1S/C16H21NO4/c1-20-9-13-15(12-6-7-21-16(12)13)17-14(19)8-10-2-4-11(18)5-3-10/h2-5,12-13,15-16,18H,6-9H2,1H3,(H,17,19)/t12-,13+,15+,16-/m1/s1. The fourth-order valence-electron chi connectivity index (χ4n) is 3.47. The van der Waals surface area contributed by atoms with Gasteiger partial charge in [0, 0.05) is 31.6 Å². The van der Waals surface area contributed by atoms with Crippen LogP contribution in [0.25, 0.3) is 0 Å². The Bertz CT molecular complexity index is 502. The van der Waals surface area contributed by atoms with Gasteiger partial charge in [-0.05, 0) is 24.1 Å². The lowest BCUT2D eigenvalue weighted by atomic mass is 9.67. The Labute approximate surface area is 124 Å². The van der Waals surface area contributed by atoms with Gasteiger partial charge in [-0.2, -0.15) is 0 Å². The van der Waals surface area contributed by atoms with Crippen molar-refractivity contribution in [2.24, 2.45) is 11.8 Å². The lowest BCUT2D eigenvalue weighted by molar-refractivity contribution is -0.129. The molecule has 5 heteroatoms. The number of hydrogen-bond acceptors (Lipinski definition) is 4. The smallest absolute Gasteiger partial charge is 0.224 e. The van der Waals surface area contributed by atoms with Crippen LogP contribution >= 0.6 is 0 Å². The van der Waals surface area contributed by atoms with Crippen molar-refractivity contribution in [1.29, 1.82) is 0 Å². The number of ether oxygens (including phenoxy) is 2. The van der Waals surface area contributed by atoms with Crippen LogP contribution < -0.4 is 5.32 Å². The quantitative estimate of drug-likeness (QED) is 0.852. The van der Waals surface area contributed by atoms with E-state index < -0.39 is 0 Å². The number of phenols is 1. The van der Waals surface area contributed by atoms with Crippen LogP contribution in [0.1, 0.15) is 12.0 Å². The second kappa shape index (κ2) is 6.03. The molecule has 1 aliphatic heterocycles. The Morgan fingerprint density at radius 1 is 1.43 bits per heavy atom. The summed E-state index contributed by atoms with van der Waals surface area (Å²) in [5.74, 6) is 0.904. The van der Waals surface area contributed by atoms with Crippen LogP contribution in [0.4, 0.5) is 0 Å². The Kier molecular flexibility index (Phi) is 4.12. The minimum absolute atomic E-state index is 0.0112. The van der Waals surface area contributed by atoms with Gasteiger partial charge >= 0.3 is 0 Å². The van der Waals surface area contributed by atoms with E-state index in [1.165, 1.54) is 0 Å². The zero-order valence-corrected chi connectivity index (χ0v) is 12.1. The van der Waals surface area contributed by atoms with E-state index in [1.54, 1.807) is 31.4 Å². The van der Waals surface area contributed by atoms with Crippen molar-refractivity contribution in [3.8, 4) is 5.75 Å². The highest BCUT2D eigenvalue weighted by Gasteiger charge is 2.54. The zero-order chi connectivity index (χ0) is 14.8. The number of nitrogens with one attached hydrogen (secondary N) is 1. The zero-order valence-electron chi connectivity index (χ0n) is 12.1. The van der Waals surface area contributed by atoms with Crippen LogP contribution in [-0.2, 0) is 20.7 Å². The minimum atomic E-state index is 0.0112. The molecule has 1 aliphatic carbocycles. The molecule has 114 valence electrons. The number of carbonyl (C=O) groups is 1. The summed E-state index contributed by atoms with van der Waals surface area (Å²) in [4.78, 5) is 12.2. The third-order valence-electron chi connectivity index (χ3n) is 4.52. The summed E-state index contributed by atoms with van der Waals surface area (Å²) in [7, 11) is 1.68. The van der Waals surface area contributed by atoms with E-state index in [-0.39, 0.29) is 29.7 Å². The normalized spacial score (nSPS) is 30.5. The molecule has 4 atom stereocenters.